The molecule has 0 spiro atoms. The Morgan fingerprint density at radius 3 is 1.62 bits per heavy atom. The molecule has 5 rings (SSSR count). The standard InChI is InChI=1S/C28H22Cl2NP/c29-23-17-21-16-22(27(30)18-28(21)31-19-23)20-32(24-10-4-1-5-11-24,25-12-6-2-7-13-25)26-14-8-3-9-15-26/h1-19,32H,20H2. The second-order valence-electron chi connectivity index (χ2n) is 7.97. The SMILES string of the molecule is Clc1cnc2cc(Cl)c(C[PH](c3ccccc3)(c3ccccc3)c3ccccc3)cc2c1. The third-order valence-corrected chi connectivity index (χ3v) is 11.5. The average Bonchev–Trinajstić information content (AvgIpc) is 2.85. The zero-order valence-electron chi connectivity index (χ0n) is 17.4. The van der Waals surface area contributed by atoms with Crippen LogP contribution >= 0.6 is 30.5 Å². The van der Waals surface area contributed by atoms with Crippen LogP contribution in [0.2, 0.25) is 10.0 Å². The van der Waals surface area contributed by atoms with E-state index in [0.717, 1.165) is 27.7 Å². The van der Waals surface area contributed by atoms with E-state index in [2.05, 4.69) is 102 Å². The van der Waals surface area contributed by atoms with Gasteiger partial charge in [-0.2, -0.15) is 0 Å². The van der Waals surface area contributed by atoms with E-state index in [4.69, 9.17) is 23.2 Å². The first-order chi connectivity index (χ1) is 15.7. The topological polar surface area (TPSA) is 12.9 Å². The predicted molar refractivity (Wildman–Crippen MR) is 142 cm³/mol. The number of fused-ring (bicyclic) bond motifs is 1. The maximum atomic E-state index is 6.86. The first kappa shape index (κ1) is 21.2. The van der Waals surface area contributed by atoms with Crippen molar-refractivity contribution in [3.63, 3.8) is 0 Å². The Balaban J connectivity index is 1.79. The van der Waals surface area contributed by atoms with Crippen molar-refractivity contribution in [1.29, 1.82) is 0 Å². The number of hydrogen-bond donors (Lipinski definition) is 0. The number of halogens is 2. The third kappa shape index (κ3) is 3.93. The molecule has 0 atom stereocenters. The number of pyridine rings is 1. The normalized spacial score (nSPS) is 12.1. The monoisotopic (exact) mass is 473 g/mol. The van der Waals surface area contributed by atoms with Gasteiger partial charge in [0.05, 0.1) is 0 Å². The summed E-state index contributed by atoms with van der Waals surface area (Å²) in [5, 5.41) is 6.46. The van der Waals surface area contributed by atoms with Gasteiger partial charge in [-0.3, -0.25) is 0 Å². The van der Waals surface area contributed by atoms with Crippen molar-refractivity contribution in [2.24, 2.45) is 0 Å². The van der Waals surface area contributed by atoms with Gasteiger partial charge in [0, 0.05) is 0 Å². The summed E-state index contributed by atoms with van der Waals surface area (Å²) in [5.74, 6) is 0. The molecule has 4 aromatic carbocycles. The van der Waals surface area contributed by atoms with Crippen molar-refractivity contribution in [2.75, 3.05) is 0 Å². The summed E-state index contributed by atoms with van der Waals surface area (Å²) in [7, 11) is -2.43. The Morgan fingerprint density at radius 2 is 1.12 bits per heavy atom. The van der Waals surface area contributed by atoms with Crippen molar-refractivity contribution >= 4 is 57.3 Å². The van der Waals surface area contributed by atoms with Gasteiger partial charge < -0.3 is 0 Å². The van der Waals surface area contributed by atoms with Crippen LogP contribution in [-0.4, -0.2) is 4.98 Å². The van der Waals surface area contributed by atoms with Gasteiger partial charge in [-0.15, -0.1) is 0 Å². The molecular formula is C28H22Cl2NP. The maximum absolute atomic E-state index is 6.86. The van der Waals surface area contributed by atoms with Crippen LogP contribution in [0.4, 0.5) is 0 Å². The van der Waals surface area contributed by atoms with Crippen LogP contribution in [0.25, 0.3) is 10.9 Å². The van der Waals surface area contributed by atoms with Crippen LogP contribution in [0, 0.1) is 0 Å². The van der Waals surface area contributed by atoms with E-state index in [0.29, 0.717) is 5.02 Å². The molecule has 0 aliphatic heterocycles. The Hall–Kier alpha value is -2.70. The molecule has 5 aromatic rings. The van der Waals surface area contributed by atoms with Crippen LogP contribution < -0.4 is 15.9 Å². The van der Waals surface area contributed by atoms with Crippen molar-refractivity contribution in [1.82, 2.24) is 4.98 Å². The molecule has 0 unspecified atom stereocenters. The molecule has 0 saturated carbocycles. The Morgan fingerprint density at radius 1 is 0.625 bits per heavy atom. The molecule has 32 heavy (non-hydrogen) atoms. The molecule has 0 aliphatic carbocycles. The molecular weight excluding hydrogens is 452 g/mol. The van der Waals surface area contributed by atoms with Crippen LogP contribution in [0.1, 0.15) is 5.56 Å². The van der Waals surface area contributed by atoms with Gasteiger partial charge >= 0.3 is 199 Å². The number of benzene rings is 4. The van der Waals surface area contributed by atoms with Crippen LogP contribution in [-0.2, 0) is 6.16 Å². The fourth-order valence-corrected chi connectivity index (χ4v) is 9.83. The van der Waals surface area contributed by atoms with Gasteiger partial charge in [0.25, 0.3) is 0 Å². The van der Waals surface area contributed by atoms with Crippen molar-refractivity contribution < 1.29 is 0 Å². The van der Waals surface area contributed by atoms with Gasteiger partial charge in [0.2, 0.25) is 0 Å². The van der Waals surface area contributed by atoms with E-state index in [-0.39, 0.29) is 0 Å². The van der Waals surface area contributed by atoms with Gasteiger partial charge in [-0.05, 0) is 0 Å². The first-order valence-electron chi connectivity index (χ1n) is 10.6. The second-order valence-corrected chi connectivity index (χ2v) is 12.7. The summed E-state index contributed by atoms with van der Waals surface area (Å²) in [5.41, 5.74) is 1.97. The summed E-state index contributed by atoms with van der Waals surface area (Å²) in [6.45, 7) is 0. The quantitative estimate of drug-likeness (QED) is 0.256. The van der Waals surface area contributed by atoms with Gasteiger partial charge in [-0.25, -0.2) is 0 Å². The molecule has 4 heteroatoms. The van der Waals surface area contributed by atoms with E-state index < -0.39 is 7.26 Å². The van der Waals surface area contributed by atoms with Gasteiger partial charge in [0.1, 0.15) is 0 Å². The molecule has 1 aromatic heterocycles. The molecule has 0 amide bonds. The fourth-order valence-electron chi connectivity index (χ4n) is 4.57. The minimum absolute atomic E-state index is 0.628. The van der Waals surface area contributed by atoms with Crippen LogP contribution in [0.15, 0.2) is 115 Å². The van der Waals surface area contributed by atoms with E-state index >= 15 is 0 Å². The third-order valence-electron chi connectivity index (χ3n) is 6.07. The molecule has 0 fully saturated rings. The number of nitrogens with zero attached hydrogens (tertiary/aromatic N) is 1. The van der Waals surface area contributed by atoms with Crippen molar-refractivity contribution in [3.05, 3.63) is 131 Å². The van der Waals surface area contributed by atoms with E-state index in [1.54, 1.807) is 6.20 Å². The van der Waals surface area contributed by atoms with E-state index in [9.17, 15) is 0 Å². The van der Waals surface area contributed by atoms with Crippen LogP contribution in [0.5, 0.6) is 0 Å². The van der Waals surface area contributed by atoms with Crippen molar-refractivity contribution in [3.8, 4) is 0 Å². The van der Waals surface area contributed by atoms with E-state index in [1.165, 1.54) is 15.9 Å². The minimum atomic E-state index is -2.43. The van der Waals surface area contributed by atoms with E-state index in [1.807, 2.05) is 12.1 Å². The van der Waals surface area contributed by atoms with Gasteiger partial charge in [0.15, 0.2) is 0 Å². The van der Waals surface area contributed by atoms with Gasteiger partial charge in [-0.1, -0.05) is 0 Å². The summed E-state index contributed by atoms with van der Waals surface area (Å²) in [6, 6.07) is 38.7. The molecule has 0 N–H and O–H groups in total. The summed E-state index contributed by atoms with van der Waals surface area (Å²) >= 11 is 13.1. The predicted octanol–water partition coefficient (Wildman–Crippen LogP) is 6.77. The molecule has 1 heterocycles. The molecule has 0 aliphatic rings. The molecule has 158 valence electrons. The Labute approximate surface area is 199 Å². The fraction of sp³-hybridized carbons (Fsp3) is 0.0357. The second kappa shape index (κ2) is 9.04. The first-order valence-corrected chi connectivity index (χ1v) is 13.5. The van der Waals surface area contributed by atoms with Crippen LogP contribution in [0.3, 0.4) is 0 Å². The molecule has 0 bridgehead atoms. The zero-order valence-corrected chi connectivity index (χ0v) is 19.9. The zero-order chi connectivity index (χ0) is 22.0. The Kier molecular flexibility index (Phi) is 5.98. The van der Waals surface area contributed by atoms with Crippen molar-refractivity contribution in [2.45, 2.75) is 6.16 Å². The molecule has 1 nitrogen and oxygen atoms in total. The average molecular weight is 474 g/mol. The Bertz CT molecular complexity index is 1260. The number of aromatic nitrogens is 1. The number of hydrogen-bond acceptors (Lipinski definition) is 1. The molecule has 0 radical (unpaired) electrons. The summed E-state index contributed by atoms with van der Waals surface area (Å²) in [6.07, 6.45) is 2.50. The number of rotatable bonds is 5. The molecule has 0 saturated heterocycles. The summed E-state index contributed by atoms with van der Waals surface area (Å²) in [4.78, 5) is 4.45. The summed E-state index contributed by atoms with van der Waals surface area (Å²) < 4.78 is 0.